The van der Waals surface area contributed by atoms with Gasteiger partial charge in [0.25, 0.3) is 0 Å². The van der Waals surface area contributed by atoms with Crippen molar-refractivity contribution in [3.8, 4) is 11.5 Å². The number of hydrogen-bond acceptors (Lipinski definition) is 10. The molecule has 0 aliphatic rings. The van der Waals surface area contributed by atoms with Crippen LogP contribution < -0.4 is 9.47 Å². The highest BCUT2D eigenvalue weighted by atomic mass is 16.5. The Morgan fingerprint density at radius 3 is 1.45 bits per heavy atom. The molecule has 2 atom stereocenters. The molecule has 0 saturated carbocycles. The Balaban J connectivity index is 0.000000172. The van der Waals surface area contributed by atoms with Crippen LogP contribution in [0.5, 0.6) is 11.5 Å². The van der Waals surface area contributed by atoms with E-state index in [-0.39, 0.29) is 0 Å². The molecule has 0 amide bonds. The monoisotopic (exact) mass is 908 g/mol. The van der Waals surface area contributed by atoms with Crippen molar-refractivity contribution in [3.63, 3.8) is 0 Å². The fourth-order valence-corrected chi connectivity index (χ4v) is 7.83. The molecule has 12 heteroatoms. The lowest BCUT2D eigenvalue weighted by Gasteiger charge is -2.10. The minimum absolute atomic E-state index is 0.321. The first-order valence-electron chi connectivity index (χ1n) is 23.1. The summed E-state index contributed by atoms with van der Waals surface area (Å²) in [4.78, 5) is 9.36. The van der Waals surface area contributed by atoms with Crippen LogP contribution in [0, 0.1) is 0 Å². The molecule has 0 radical (unpaired) electrons. The molecule has 6 aromatic carbocycles. The van der Waals surface area contributed by atoms with Crippen molar-refractivity contribution in [1.29, 1.82) is 0 Å². The first-order valence-corrected chi connectivity index (χ1v) is 23.1. The van der Waals surface area contributed by atoms with Crippen LogP contribution in [-0.2, 0) is 26.1 Å². The van der Waals surface area contributed by atoms with Crippen LogP contribution in [0.15, 0.2) is 170 Å². The molecule has 10 rings (SSSR count). The van der Waals surface area contributed by atoms with E-state index in [0.717, 1.165) is 97.9 Å². The molecule has 10 aromatic rings. The van der Waals surface area contributed by atoms with Crippen LogP contribution in [0.3, 0.4) is 0 Å². The first-order chi connectivity index (χ1) is 34.0. The third-order valence-corrected chi connectivity index (χ3v) is 11.8. The van der Waals surface area contributed by atoms with Crippen molar-refractivity contribution < 1.29 is 9.47 Å². The average Bonchev–Trinajstić information content (AvgIpc) is 4.14. The quantitative estimate of drug-likeness (QED) is 0.0844. The highest BCUT2D eigenvalue weighted by Gasteiger charge is 2.11. The molecule has 0 bridgehead atoms. The standard InChI is InChI=1S/C29H27N5O.C28H25N5O/c1-21(9-18-29-31-33-34-32-29)24-14-12-22(13-15-24)10-11-23-5-4-7-27(19-23)35-20-26-17-16-25-6-2-3-8-28(25)30-26;1-20(17-28-30-32-33-31-28)23-13-11-21(12-14-23)9-10-22-5-4-7-26(18-22)34-19-25-16-15-24-6-2-3-8-27(24)29-25/h2-8,10-17,19,21H,9,18,20H2,1H3,(H,31,32,33,34);2-16,18,20H,17,19H2,1H3,(H,30,31,32,33). The zero-order valence-electron chi connectivity index (χ0n) is 38.6. The van der Waals surface area contributed by atoms with Crippen molar-refractivity contribution in [2.75, 3.05) is 0 Å². The normalized spacial score (nSPS) is 12.3. The number of rotatable bonds is 17. The number of ether oxygens (including phenoxy) is 2. The molecule has 0 fully saturated rings. The highest BCUT2D eigenvalue weighted by molar-refractivity contribution is 5.79. The number of hydrogen-bond donors (Lipinski definition) is 2. The second-order valence-electron chi connectivity index (χ2n) is 16.9. The second kappa shape index (κ2) is 22.7. The van der Waals surface area contributed by atoms with Crippen LogP contribution in [0.25, 0.3) is 46.1 Å². The molecule has 0 aliphatic carbocycles. The zero-order chi connectivity index (χ0) is 47.0. The van der Waals surface area contributed by atoms with E-state index in [2.05, 4.69) is 174 Å². The molecule has 12 nitrogen and oxygen atoms in total. The Hall–Kier alpha value is -8.64. The van der Waals surface area contributed by atoms with E-state index in [0.29, 0.717) is 25.0 Å². The van der Waals surface area contributed by atoms with Crippen LogP contribution in [-0.4, -0.2) is 51.2 Å². The summed E-state index contributed by atoms with van der Waals surface area (Å²) in [7, 11) is 0. The smallest absolute Gasteiger partial charge is 0.175 e. The second-order valence-corrected chi connectivity index (χ2v) is 16.9. The summed E-state index contributed by atoms with van der Waals surface area (Å²) in [6.07, 6.45) is 11.0. The summed E-state index contributed by atoms with van der Waals surface area (Å²) in [6.45, 7) is 5.26. The van der Waals surface area contributed by atoms with Gasteiger partial charge in [-0.15, -0.1) is 20.4 Å². The van der Waals surface area contributed by atoms with Gasteiger partial charge in [0.1, 0.15) is 24.7 Å². The van der Waals surface area contributed by atoms with Gasteiger partial charge in [0.15, 0.2) is 11.6 Å². The number of tetrazole rings is 2. The number of nitrogens with zero attached hydrogens (tertiary/aromatic N) is 8. The maximum Gasteiger partial charge on any atom is 0.175 e. The van der Waals surface area contributed by atoms with E-state index >= 15 is 0 Å². The van der Waals surface area contributed by atoms with Crippen LogP contribution in [0.2, 0.25) is 0 Å². The van der Waals surface area contributed by atoms with Gasteiger partial charge in [0, 0.05) is 23.6 Å². The van der Waals surface area contributed by atoms with Crippen molar-refractivity contribution in [1.82, 2.24) is 51.2 Å². The Kier molecular flexibility index (Phi) is 15.0. The molecule has 4 aromatic heterocycles. The summed E-state index contributed by atoms with van der Waals surface area (Å²) >= 11 is 0. The Morgan fingerprint density at radius 2 is 0.942 bits per heavy atom. The third kappa shape index (κ3) is 13.0. The maximum atomic E-state index is 6.01. The highest BCUT2D eigenvalue weighted by Crippen LogP contribution is 2.24. The van der Waals surface area contributed by atoms with E-state index in [4.69, 9.17) is 9.47 Å². The lowest BCUT2D eigenvalue weighted by Crippen LogP contribution is -2.00. The van der Waals surface area contributed by atoms with Gasteiger partial charge in [-0.3, -0.25) is 0 Å². The summed E-state index contributed by atoms with van der Waals surface area (Å²) in [6, 6.07) is 57.9. The summed E-state index contributed by atoms with van der Waals surface area (Å²) in [5.74, 6) is 3.89. The minimum atomic E-state index is 0.321. The van der Waals surface area contributed by atoms with Crippen LogP contribution in [0.4, 0.5) is 0 Å². The molecule has 0 spiro atoms. The predicted molar refractivity (Wildman–Crippen MR) is 273 cm³/mol. The Bertz CT molecular complexity index is 3240. The summed E-state index contributed by atoms with van der Waals surface area (Å²) in [5, 5.41) is 30.6. The fourth-order valence-electron chi connectivity index (χ4n) is 7.83. The van der Waals surface area contributed by atoms with Crippen molar-refractivity contribution >= 4 is 46.1 Å². The van der Waals surface area contributed by atoms with Gasteiger partial charge in [-0.1, -0.05) is 170 Å². The fraction of sp³-hybridized carbons (Fsp3) is 0.158. The summed E-state index contributed by atoms with van der Waals surface area (Å²) in [5.41, 5.74) is 10.8. The van der Waals surface area contributed by atoms with E-state index in [1.165, 1.54) is 11.1 Å². The van der Waals surface area contributed by atoms with Crippen molar-refractivity contribution in [3.05, 3.63) is 226 Å². The number of nitrogens with one attached hydrogen (secondary N) is 2. The number of benzene rings is 6. The van der Waals surface area contributed by atoms with Gasteiger partial charge in [-0.05, 0) is 100 Å². The number of fused-ring (bicyclic) bond motifs is 2. The van der Waals surface area contributed by atoms with Gasteiger partial charge < -0.3 is 9.47 Å². The Morgan fingerprint density at radius 1 is 0.464 bits per heavy atom. The van der Waals surface area contributed by atoms with E-state index in [1.54, 1.807) is 0 Å². The molecule has 2 unspecified atom stereocenters. The van der Waals surface area contributed by atoms with Gasteiger partial charge in [-0.25, -0.2) is 9.97 Å². The molecule has 0 saturated heterocycles. The number of para-hydroxylation sites is 2. The van der Waals surface area contributed by atoms with Gasteiger partial charge >= 0.3 is 0 Å². The number of aromatic nitrogens is 10. The molecule has 2 N–H and O–H groups in total. The van der Waals surface area contributed by atoms with Crippen LogP contribution in [0.1, 0.15) is 88.5 Å². The number of H-pyrrole nitrogens is 2. The van der Waals surface area contributed by atoms with E-state index in [9.17, 15) is 0 Å². The number of aryl methyl sites for hydroxylation is 1. The third-order valence-electron chi connectivity index (χ3n) is 11.8. The van der Waals surface area contributed by atoms with Gasteiger partial charge in [0.05, 0.1) is 22.4 Å². The Labute approximate surface area is 401 Å². The molecule has 342 valence electrons. The van der Waals surface area contributed by atoms with Crippen molar-refractivity contribution in [2.24, 2.45) is 0 Å². The van der Waals surface area contributed by atoms with Crippen LogP contribution >= 0.6 is 0 Å². The summed E-state index contributed by atoms with van der Waals surface area (Å²) < 4.78 is 12.0. The lowest BCUT2D eigenvalue weighted by molar-refractivity contribution is 0.301. The lowest BCUT2D eigenvalue weighted by atomic mass is 9.95. The van der Waals surface area contributed by atoms with Gasteiger partial charge in [-0.2, -0.15) is 10.4 Å². The first kappa shape index (κ1) is 45.5. The average molecular weight is 909 g/mol. The van der Waals surface area contributed by atoms with Gasteiger partial charge in [0.2, 0.25) is 0 Å². The van der Waals surface area contributed by atoms with Crippen molar-refractivity contribution in [2.45, 2.75) is 58.2 Å². The largest absolute Gasteiger partial charge is 0.487 e. The molecule has 69 heavy (non-hydrogen) atoms. The molecular formula is C57H52N10O2. The number of aromatic amines is 2. The number of pyridine rings is 2. The molecular weight excluding hydrogens is 857 g/mol. The maximum absolute atomic E-state index is 6.01. The molecule has 4 heterocycles. The zero-order valence-corrected chi connectivity index (χ0v) is 38.6. The minimum Gasteiger partial charge on any atom is -0.487 e. The van der Waals surface area contributed by atoms with E-state index in [1.807, 2.05) is 84.9 Å². The topological polar surface area (TPSA) is 153 Å². The van der Waals surface area contributed by atoms with E-state index < -0.39 is 0 Å². The SMILES string of the molecule is CC(CCc1nn[nH]n1)c1ccc(C=Cc2cccc(OCc3ccc4ccccc4n3)c2)cc1.CC(Cc1nn[nH]n1)c1ccc(C=Cc2cccc(OCc3ccc4ccccc4n3)c2)cc1. The predicted octanol–water partition coefficient (Wildman–Crippen LogP) is 12.1. The molecule has 0 aliphatic heterocycles.